The molecule has 0 radical (unpaired) electrons. The van der Waals surface area contributed by atoms with Crippen molar-refractivity contribution in [3.05, 3.63) is 75.1 Å². The van der Waals surface area contributed by atoms with Crippen molar-refractivity contribution in [3.63, 3.8) is 0 Å². The number of carbonyl (C=O) groups is 1. The Labute approximate surface area is 172 Å². The number of aromatic nitrogens is 3. The monoisotopic (exact) mass is 411 g/mol. The van der Waals surface area contributed by atoms with E-state index in [0.717, 1.165) is 28.5 Å². The lowest BCUT2D eigenvalue weighted by Gasteiger charge is -2.17. The highest BCUT2D eigenvalue weighted by molar-refractivity contribution is 7.99. The van der Waals surface area contributed by atoms with Crippen molar-refractivity contribution >= 4 is 23.4 Å². The number of aryl methyl sites for hydroxylation is 3. The van der Waals surface area contributed by atoms with Crippen molar-refractivity contribution in [2.45, 2.75) is 36.9 Å². The highest BCUT2D eigenvalue weighted by atomic mass is 32.2. The number of nitro groups is 1. The third kappa shape index (κ3) is 4.62. The second-order valence-electron chi connectivity index (χ2n) is 6.82. The van der Waals surface area contributed by atoms with Gasteiger partial charge in [0.15, 0.2) is 5.16 Å². The van der Waals surface area contributed by atoms with E-state index in [4.69, 9.17) is 0 Å². The number of rotatable bonds is 6. The van der Waals surface area contributed by atoms with Gasteiger partial charge in [0.2, 0.25) is 0 Å². The third-order valence-corrected chi connectivity index (χ3v) is 5.66. The zero-order chi connectivity index (χ0) is 21.1. The Morgan fingerprint density at radius 2 is 2.00 bits per heavy atom. The van der Waals surface area contributed by atoms with Crippen molar-refractivity contribution in [1.82, 2.24) is 20.1 Å². The number of nitrogens with zero attached hydrogens (tertiary/aromatic N) is 4. The van der Waals surface area contributed by atoms with Crippen LogP contribution in [-0.2, 0) is 7.05 Å². The van der Waals surface area contributed by atoms with Gasteiger partial charge in [0, 0.05) is 18.7 Å². The second kappa shape index (κ2) is 8.44. The summed E-state index contributed by atoms with van der Waals surface area (Å²) < 4.78 is 1.67. The summed E-state index contributed by atoms with van der Waals surface area (Å²) in [6, 6.07) is 10.3. The number of amides is 1. The summed E-state index contributed by atoms with van der Waals surface area (Å²) >= 11 is 1.13. The Bertz CT molecular complexity index is 1080. The van der Waals surface area contributed by atoms with Crippen LogP contribution in [0.1, 0.15) is 40.0 Å². The van der Waals surface area contributed by atoms with Gasteiger partial charge in [0.05, 0.1) is 15.9 Å². The molecule has 0 aliphatic heterocycles. The van der Waals surface area contributed by atoms with Gasteiger partial charge in [-0.15, -0.1) is 10.2 Å². The molecule has 1 unspecified atom stereocenters. The number of carbonyl (C=O) groups excluding carboxylic acids is 1. The third-order valence-electron chi connectivity index (χ3n) is 4.54. The van der Waals surface area contributed by atoms with Crippen molar-refractivity contribution in [3.8, 4) is 0 Å². The van der Waals surface area contributed by atoms with E-state index in [9.17, 15) is 14.9 Å². The molecular formula is C20H21N5O3S. The van der Waals surface area contributed by atoms with E-state index in [1.54, 1.807) is 23.7 Å². The minimum absolute atomic E-state index is 0.148. The van der Waals surface area contributed by atoms with Crippen LogP contribution in [0.25, 0.3) is 0 Å². The van der Waals surface area contributed by atoms with Gasteiger partial charge in [-0.1, -0.05) is 23.8 Å². The van der Waals surface area contributed by atoms with Gasteiger partial charge < -0.3 is 9.88 Å². The van der Waals surface area contributed by atoms with Crippen LogP contribution in [0, 0.1) is 24.0 Å². The molecule has 29 heavy (non-hydrogen) atoms. The summed E-state index contributed by atoms with van der Waals surface area (Å²) in [6.07, 6.45) is 1.52. The van der Waals surface area contributed by atoms with Gasteiger partial charge in [-0.2, -0.15) is 0 Å². The normalized spacial score (nSPS) is 11.9. The Hall–Kier alpha value is -3.20. The molecule has 0 aliphatic rings. The number of hydrogen-bond acceptors (Lipinski definition) is 6. The Balaban J connectivity index is 1.83. The Morgan fingerprint density at radius 1 is 1.24 bits per heavy atom. The van der Waals surface area contributed by atoms with Crippen LogP contribution in [-0.4, -0.2) is 25.6 Å². The number of hydrogen-bond donors (Lipinski definition) is 1. The van der Waals surface area contributed by atoms with Gasteiger partial charge in [-0.25, -0.2) is 0 Å². The summed E-state index contributed by atoms with van der Waals surface area (Å²) in [4.78, 5) is 24.2. The first-order chi connectivity index (χ1) is 13.8. The lowest BCUT2D eigenvalue weighted by molar-refractivity contribution is -0.387. The molecular weight excluding hydrogens is 390 g/mol. The molecule has 9 heteroatoms. The molecule has 2 aromatic carbocycles. The van der Waals surface area contributed by atoms with Crippen LogP contribution >= 0.6 is 11.8 Å². The Kier molecular flexibility index (Phi) is 5.97. The van der Waals surface area contributed by atoms with E-state index in [-0.39, 0.29) is 23.2 Å². The predicted molar refractivity (Wildman–Crippen MR) is 110 cm³/mol. The van der Waals surface area contributed by atoms with Crippen LogP contribution in [0.3, 0.4) is 0 Å². The van der Waals surface area contributed by atoms with Gasteiger partial charge in [-0.05, 0) is 55.8 Å². The molecule has 1 aromatic heterocycles. The van der Waals surface area contributed by atoms with E-state index in [1.807, 2.05) is 39.0 Å². The maximum atomic E-state index is 12.7. The van der Waals surface area contributed by atoms with Crippen LogP contribution < -0.4 is 5.32 Å². The molecule has 1 N–H and O–H groups in total. The molecule has 1 atom stereocenters. The SMILES string of the molecule is Cc1ccc(C)c(C(C)NC(=O)c2ccc(Sc3nncn3C)c([N+](=O)[O-])c2)c1. The summed E-state index contributed by atoms with van der Waals surface area (Å²) in [5.74, 6) is -0.364. The molecule has 0 bridgehead atoms. The van der Waals surface area contributed by atoms with Gasteiger partial charge in [0.25, 0.3) is 11.6 Å². The molecule has 0 spiro atoms. The number of benzene rings is 2. The fourth-order valence-corrected chi connectivity index (χ4v) is 3.78. The maximum absolute atomic E-state index is 12.7. The van der Waals surface area contributed by atoms with Crippen molar-refractivity contribution in [1.29, 1.82) is 0 Å². The minimum Gasteiger partial charge on any atom is -0.346 e. The molecule has 0 aliphatic carbocycles. The lowest BCUT2D eigenvalue weighted by atomic mass is 9.99. The standard InChI is InChI=1S/C20H21N5O3S/c1-12-5-6-13(2)16(9-12)14(3)22-19(26)15-7-8-18(17(10-15)25(27)28)29-20-23-21-11-24(20)4/h5-11,14H,1-4H3,(H,22,26). The van der Waals surface area contributed by atoms with E-state index in [2.05, 4.69) is 15.5 Å². The maximum Gasteiger partial charge on any atom is 0.284 e. The van der Waals surface area contributed by atoms with Crippen LogP contribution in [0.15, 0.2) is 52.8 Å². The lowest BCUT2D eigenvalue weighted by Crippen LogP contribution is -2.27. The van der Waals surface area contributed by atoms with Crippen LogP contribution in [0.5, 0.6) is 0 Å². The number of nitro benzene ring substituents is 1. The smallest absolute Gasteiger partial charge is 0.284 e. The average Bonchev–Trinajstić information content (AvgIpc) is 3.08. The van der Waals surface area contributed by atoms with Crippen molar-refractivity contribution in [2.75, 3.05) is 0 Å². The summed E-state index contributed by atoms with van der Waals surface area (Å²) in [5.41, 5.74) is 3.28. The second-order valence-corrected chi connectivity index (χ2v) is 7.83. The fraction of sp³-hybridized carbons (Fsp3) is 0.250. The van der Waals surface area contributed by atoms with Gasteiger partial charge in [0.1, 0.15) is 6.33 Å². The van der Waals surface area contributed by atoms with E-state index >= 15 is 0 Å². The summed E-state index contributed by atoms with van der Waals surface area (Å²) in [6.45, 7) is 5.88. The van der Waals surface area contributed by atoms with Gasteiger partial charge in [-0.3, -0.25) is 14.9 Å². The zero-order valence-corrected chi connectivity index (χ0v) is 17.4. The highest BCUT2D eigenvalue weighted by Gasteiger charge is 2.21. The van der Waals surface area contributed by atoms with E-state index in [1.165, 1.54) is 12.4 Å². The highest BCUT2D eigenvalue weighted by Crippen LogP contribution is 2.34. The van der Waals surface area contributed by atoms with E-state index < -0.39 is 4.92 Å². The molecule has 3 aromatic rings. The molecule has 0 saturated carbocycles. The molecule has 1 amide bonds. The summed E-state index contributed by atoms with van der Waals surface area (Å²) in [5, 5.41) is 22.7. The fourth-order valence-electron chi connectivity index (χ4n) is 2.94. The number of nitrogens with one attached hydrogen (secondary N) is 1. The zero-order valence-electron chi connectivity index (χ0n) is 16.5. The minimum atomic E-state index is -0.496. The average molecular weight is 411 g/mol. The first-order valence-corrected chi connectivity index (χ1v) is 9.76. The molecule has 0 fully saturated rings. The van der Waals surface area contributed by atoms with Crippen LogP contribution in [0.4, 0.5) is 5.69 Å². The molecule has 3 rings (SSSR count). The first-order valence-electron chi connectivity index (χ1n) is 8.94. The summed E-state index contributed by atoms with van der Waals surface area (Å²) in [7, 11) is 1.75. The van der Waals surface area contributed by atoms with Gasteiger partial charge >= 0.3 is 0 Å². The molecule has 0 saturated heterocycles. The Morgan fingerprint density at radius 3 is 2.66 bits per heavy atom. The van der Waals surface area contributed by atoms with Crippen LogP contribution in [0.2, 0.25) is 0 Å². The molecule has 150 valence electrons. The predicted octanol–water partition coefficient (Wildman–Crippen LogP) is 3.98. The largest absolute Gasteiger partial charge is 0.346 e. The molecule has 8 nitrogen and oxygen atoms in total. The van der Waals surface area contributed by atoms with E-state index in [0.29, 0.717) is 10.1 Å². The quantitative estimate of drug-likeness (QED) is 0.486. The first kappa shape index (κ1) is 20.5. The topological polar surface area (TPSA) is 103 Å². The molecule has 1 heterocycles. The van der Waals surface area contributed by atoms with Crippen molar-refractivity contribution < 1.29 is 9.72 Å². The van der Waals surface area contributed by atoms with Crippen molar-refractivity contribution in [2.24, 2.45) is 7.05 Å².